The number of para-hydroxylation sites is 2. The van der Waals surface area contributed by atoms with Crippen molar-refractivity contribution in [3.8, 4) is 5.75 Å². The second-order valence-electron chi connectivity index (χ2n) is 13.2. The van der Waals surface area contributed by atoms with Crippen LogP contribution in [0.15, 0.2) is 119 Å². The van der Waals surface area contributed by atoms with Crippen LogP contribution < -0.4 is 15.1 Å². The number of phenolic OH excluding ortho intramolecular Hbond substituents is 1. The smallest absolute Gasteiger partial charge is 0.241 e. The summed E-state index contributed by atoms with van der Waals surface area (Å²) in [6.45, 7) is 1.81. The van der Waals surface area contributed by atoms with Crippen LogP contribution in [0.25, 0.3) is 0 Å². The Labute approximate surface area is 286 Å². The molecule has 0 aromatic heterocycles. The molecule has 4 aliphatic rings. The molecule has 2 aliphatic carbocycles. The van der Waals surface area contributed by atoms with Crippen LogP contribution in [-0.4, -0.2) is 28.7 Å². The number of carbonyl (C=O) groups is 4. The summed E-state index contributed by atoms with van der Waals surface area (Å²) in [6, 6.07) is 30.9. The van der Waals surface area contributed by atoms with Crippen molar-refractivity contribution in [3.05, 3.63) is 125 Å². The highest BCUT2D eigenvalue weighted by atomic mass is 79.9. The average Bonchev–Trinajstić information content (AvgIpc) is 3.46. The molecule has 0 bridgehead atoms. The molecule has 2 aliphatic heterocycles. The SMILES string of the molecule is CC12C(=O)N(c3ccccc3)C(=O)C1CC1C(=CCC3C(=O)N(c4ccc(Nc5ccccc5)cc4)C(=O)C31)C2c1cc(Br)ccc1O. The Hall–Kier alpha value is -5.02. The van der Waals surface area contributed by atoms with Crippen LogP contribution in [0, 0.1) is 29.1 Å². The molecule has 0 radical (unpaired) electrons. The van der Waals surface area contributed by atoms with Crippen molar-refractivity contribution in [2.45, 2.75) is 25.7 Å². The van der Waals surface area contributed by atoms with Gasteiger partial charge in [-0.05, 0) is 92.4 Å². The van der Waals surface area contributed by atoms with Gasteiger partial charge < -0.3 is 10.4 Å². The van der Waals surface area contributed by atoms with Gasteiger partial charge in [-0.25, -0.2) is 4.90 Å². The molecule has 240 valence electrons. The van der Waals surface area contributed by atoms with Crippen LogP contribution in [0.5, 0.6) is 5.75 Å². The zero-order valence-electron chi connectivity index (χ0n) is 26.0. The Balaban J connectivity index is 1.18. The second kappa shape index (κ2) is 11.3. The van der Waals surface area contributed by atoms with Crippen LogP contribution >= 0.6 is 15.9 Å². The standard InChI is InChI=1S/C39H32BrN3O5/c1-39-31(36(46)43(38(39)48)25-10-6-3-7-11-25)21-29-27(34(39)30-20-22(40)12-19-32(30)44)17-18-28-33(29)37(47)42(35(28)45)26-15-13-24(14-16-26)41-23-8-4-2-5-9-23/h2-17,19-20,28-29,31,33-34,41,44H,18,21H2,1H3. The number of halogens is 1. The molecule has 8 nitrogen and oxygen atoms in total. The lowest BCUT2D eigenvalue weighted by molar-refractivity contribution is -0.131. The van der Waals surface area contributed by atoms with Crippen molar-refractivity contribution in [2.24, 2.45) is 29.1 Å². The van der Waals surface area contributed by atoms with Gasteiger partial charge in [0.15, 0.2) is 0 Å². The van der Waals surface area contributed by atoms with Gasteiger partial charge in [0.25, 0.3) is 0 Å². The molecule has 4 amide bonds. The van der Waals surface area contributed by atoms with Gasteiger partial charge in [-0.15, -0.1) is 0 Å². The maximum atomic E-state index is 14.5. The topological polar surface area (TPSA) is 107 Å². The maximum Gasteiger partial charge on any atom is 0.241 e. The molecule has 4 aromatic carbocycles. The molecule has 48 heavy (non-hydrogen) atoms. The lowest BCUT2D eigenvalue weighted by Gasteiger charge is -2.49. The predicted octanol–water partition coefficient (Wildman–Crippen LogP) is 7.33. The number of nitrogens with one attached hydrogen (secondary N) is 1. The highest BCUT2D eigenvalue weighted by Crippen LogP contribution is 2.64. The molecular weight excluding hydrogens is 670 g/mol. The molecule has 2 N–H and O–H groups in total. The highest BCUT2D eigenvalue weighted by molar-refractivity contribution is 9.10. The Morgan fingerprint density at radius 2 is 1.40 bits per heavy atom. The Morgan fingerprint density at radius 1 is 0.750 bits per heavy atom. The zero-order valence-corrected chi connectivity index (χ0v) is 27.6. The van der Waals surface area contributed by atoms with E-state index in [-0.39, 0.29) is 35.8 Å². The molecule has 1 saturated carbocycles. The first-order chi connectivity index (χ1) is 23.2. The van der Waals surface area contributed by atoms with Gasteiger partial charge in [-0.1, -0.05) is 64.0 Å². The van der Waals surface area contributed by atoms with Crippen LogP contribution in [-0.2, 0) is 19.2 Å². The molecule has 6 atom stereocenters. The summed E-state index contributed by atoms with van der Waals surface area (Å²) in [5, 5.41) is 14.6. The minimum atomic E-state index is -1.23. The summed E-state index contributed by atoms with van der Waals surface area (Å²) >= 11 is 3.53. The van der Waals surface area contributed by atoms with Gasteiger partial charge in [0.05, 0.1) is 34.5 Å². The molecule has 4 aromatic rings. The molecule has 0 spiro atoms. The Bertz CT molecular complexity index is 2010. The number of hydrogen-bond acceptors (Lipinski definition) is 6. The summed E-state index contributed by atoms with van der Waals surface area (Å²) in [7, 11) is 0. The van der Waals surface area contributed by atoms with Crippen LogP contribution in [0.2, 0.25) is 0 Å². The van der Waals surface area contributed by atoms with E-state index in [0.29, 0.717) is 27.8 Å². The van der Waals surface area contributed by atoms with E-state index in [4.69, 9.17) is 0 Å². The molecule has 2 heterocycles. The first kappa shape index (κ1) is 30.3. The Kier molecular flexibility index (Phi) is 7.14. The number of phenols is 1. The van der Waals surface area contributed by atoms with Crippen molar-refractivity contribution < 1.29 is 24.3 Å². The fourth-order valence-corrected chi connectivity index (χ4v) is 8.95. The van der Waals surface area contributed by atoms with E-state index in [2.05, 4.69) is 21.2 Å². The number of imide groups is 2. The van der Waals surface area contributed by atoms with Gasteiger partial charge in [-0.3, -0.25) is 24.1 Å². The summed E-state index contributed by atoms with van der Waals surface area (Å²) < 4.78 is 0.715. The van der Waals surface area contributed by atoms with E-state index in [1.165, 1.54) is 9.80 Å². The quantitative estimate of drug-likeness (QED) is 0.167. The lowest BCUT2D eigenvalue weighted by Crippen LogP contribution is -2.48. The fourth-order valence-electron chi connectivity index (χ4n) is 8.58. The van der Waals surface area contributed by atoms with Crippen molar-refractivity contribution in [2.75, 3.05) is 15.1 Å². The molecule has 3 fully saturated rings. The average molecular weight is 703 g/mol. The Morgan fingerprint density at radius 3 is 2.10 bits per heavy atom. The first-order valence-electron chi connectivity index (χ1n) is 16.1. The number of allylic oxidation sites excluding steroid dienone is 2. The molecular formula is C39H32BrN3O5. The number of benzene rings is 4. The fraction of sp³-hybridized carbons (Fsp3) is 0.231. The number of rotatable bonds is 5. The number of amides is 4. The van der Waals surface area contributed by atoms with Gasteiger partial charge in [0, 0.05) is 27.3 Å². The summed E-state index contributed by atoms with van der Waals surface area (Å²) in [5.74, 6) is -4.45. The molecule has 2 saturated heterocycles. The maximum absolute atomic E-state index is 14.5. The van der Waals surface area contributed by atoms with Crippen LogP contribution in [0.3, 0.4) is 0 Å². The summed E-state index contributed by atoms with van der Waals surface area (Å²) in [5.41, 5.74) is 2.82. The van der Waals surface area contributed by atoms with Crippen molar-refractivity contribution in [1.82, 2.24) is 0 Å². The number of hydrogen-bond donors (Lipinski definition) is 2. The minimum absolute atomic E-state index is 0.00455. The van der Waals surface area contributed by atoms with E-state index in [1.54, 1.807) is 54.6 Å². The minimum Gasteiger partial charge on any atom is -0.508 e. The molecule has 9 heteroatoms. The largest absolute Gasteiger partial charge is 0.508 e. The van der Waals surface area contributed by atoms with Gasteiger partial charge >= 0.3 is 0 Å². The molecule has 6 unspecified atom stereocenters. The van der Waals surface area contributed by atoms with Gasteiger partial charge in [0.1, 0.15) is 5.75 Å². The van der Waals surface area contributed by atoms with Crippen LogP contribution in [0.1, 0.15) is 31.2 Å². The van der Waals surface area contributed by atoms with Crippen molar-refractivity contribution in [1.29, 1.82) is 0 Å². The normalized spacial score (nSPS) is 27.8. The van der Waals surface area contributed by atoms with Crippen LogP contribution in [0.4, 0.5) is 22.7 Å². The molecule has 8 rings (SSSR count). The lowest BCUT2D eigenvalue weighted by atomic mass is 9.51. The number of anilines is 4. The van der Waals surface area contributed by atoms with E-state index in [0.717, 1.165) is 16.9 Å². The van der Waals surface area contributed by atoms with E-state index < -0.39 is 35.0 Å². The highest BCUT2D eigenvalue weighted by Gasteiger charge is 2.68. The van der Waals surface area contributed by atoms with Gasteiger partial charge in [-0.2, -0.15) is 0 Å². The third kappa shape index (κ3) is 4.48. The number of carbonyl (C=O) groups excluding carboxylic acids is 4. The third-order valence-corrected chi connectivity index (χ3v) is 11.3. The first-order valence-corrected chi connectivity index (χ1v) is 16.9. The summed E-state index contributed by atoms with van der Waals surface area (Å²) in [4.78, 5) is 59.7. The van der Waals surface area contributed by atoms with E-state index >= 15 is 0 Å². The van der Waals surface area contributed by atoms with E-state index in [1.807, 2.05) is 61.5 Å². The number of fused-ring (bicyclic) bond motifs is 4. The van der Waals surface area contributed by atoms with Crippen molar-refractivity contribution >= 4 is 62.3 Å². The third-order valence-electron chi connectivity index (χ3n) is 10.8. The summed E-state index contributed by atoms with van der Waals surface area (Å²) in [6.07, 6.45) is 2.56. The number of nitrogens with zero attached hydrogens (tertiary/aromatic N) is 2. The second-order valence-corrected chi connectivity index (χ2v) is 14.2. The number of aromatic hydroxyl groups is 1. The van der Waals surface area contributed by atoms with E-state index in [9.17, 15) is 24.3 Å². The zero-order chi connectivity index (χ0) is 33.3. The van der Waals surface area contributed by atoms with Crippen molar-refractivity contribution in [3.63, 3.8) is 0 Å². The monoisotopic (exact) mass is 701 g/mol. The van der Waals surface area contributed by atoms with Gasteiger partial charge in [0.2, 0.25) is 23.6 Å². The predicted molar refractivity (Wildman–Crippen MR) is 186 cm³/mol.